The van der Waals surface area contributed by atoms with Crippen LogP contribution in [0.15, 0.2) is 0 Å². The zero-order valence-electron chi connectivity index (χ0n) is 14.7. The van der Waals surface area contributed by atoms with E-state index >= 15 is 0 Å². The summed E-state index contributed by atoms with van der Waals surface area (Å²) >= 11 is 0. The highest BCUT2D eigenvalue weighted by Crippen LogP contribution is 2.33. The van der Waals surface area contributed by atoms with Crippen LogP contribution in [0.5, 0.6) is 0 Å². The molecule has 0 spiro atoms. The van der Waals surface area contributed by atoms with Gasteiger partial charge >= 0.3 is 6.03 Å². The Morgan fingerprint density at radius 1 is 1.09 bits per heavy atom. The zero-order chi connectivity index (χ0) is 16.0. The molecule has 2 aliphatic rings. The molecule has 0 aromatic carbocycles. The highest BCUT2D eigenvalue weighted by molar-refractivity contribution is 5.74. The number of rotatable bonds is 2. The second-order valence-corrected chi connectivity index (χ2v) is 8.00. The summed E-state index contributed by atoms with van der Waals surface area (Å²) in [6.45, 7) is 10.1. The molecule has 2 unspecified atom stereocenters. The second-order valence-electron chi connectivity index (χ2n) is 8.00. The van der Waals surface area contributed by atoms with E-state index < -0.39 is 0 Å². The van der Waals surface area contributed by atoms with Crippen molar-refractivity contribution in [1.29, 1.82) is 0 Å². The Hall–Kier alpha value is -0.770. The molecule has 2 amide bonds. The summed E-state index contributed by atoms with van der Waals surface area (Å²) in [6, 6.07) is 0.125. The maximum absolute atomic E-state index is 12.4. The van der Waals surface area contributed by atoms with Gasteiger partial charge < -0.3 is 15.0 Å². The van der Waals surface area contributed by atoms with Gasteiger partial charge in [0, 0.05) is 32.2 Å². The lowest BCUT2D eigenvalue weighted by Gasteiger charge is -2.40. The van der Waals surface area contributed by atoms with E-state index in [0.29, 0.717) is 5.92 Å². The summed E-state index contributed by atoms with van der Waals surface area (Å²) in [4.78, 5) is 14.4. The maximum atomic E-state index is 12.4. The van der Waals surface area contributed by atoms with E-state index in [4.69, 9.17) is 4.74 Å². The predicted molar refractivity (Wildman–Crippen MR) is 90.0 cm³/mol. The summed E-state index contributed by atoms with van der Waals surface area (Å²) in [7, 11) is 0. The van der Waals surface area contributed by atoms with Crippen molar-refractivity contribution in [2.24, 2.45) is 11.3 Å². The summed E-state index contributed by atoms with van der Waals surface area (Å²) in [6.07, 6.45) is 8.63. The van der Waals surface area contributed by atoms with E-state index in [0.717, 1.165) is 51.9 Å². The van der Waals surface area contributed by atoms with Gasteiger partial charge in [-0.05, 0) is 31.1 Å². The average Bonchev–Trinajstić information content (AvgIpc) is 2.44. The minimum atomic E-state index is 0.125. The predicted octanol–water partition coefficient (Wildman–Crippen LogP) is 3.80. The first-order chi connectivity index (χ1) is 10.5. The van der Waals surface area contributed by atoms with E-state index in [9.17, 15) is 4.79 Å². The third kappa shape index (κ3) is 5.15. The second kappa shape index (κ2) is 8.19. The normalized spacial score (nSPS) is 27.9. The monoisotopic (exact) mass is 310 g/mol. The molecule has 2 fully saturated rings. The molecular formula is C18H34N2O2. The van der Waals surface area contributed by atoms with Gasteiger partial charge in [0.1, 0.15) is 0 Å². The van der Waals surface area contributed by atoms with Crippen molar-refractivity contribution in [3.05, 3.63) is 0 Å². The summed E-state index contributed by atoms with van der Waals surface area (Å²) in [5.41, 5.74) is 0.135. The van der Waals surface area contributed by atoms with Gasteiger partial charge in [-0.25, -0.2) is 4.79 Å². The van der Waals surface area contributed by atoms with Crippen molar-refractivity contribution in [3.8, 4) is 0 Å². The van der Waals surface area contributed by atoms with Gasteiger partial charge in [-0.3, -0.25) is 0 Å². The Bertz CT molecular complexity index is 343. The molecule has 0 aliphatic carbocycles. The Kier molecular flexibility index (Phi) is 6.54. The van der Waals surface area contributed by atoms with E-state index in [2.05, 4.69) is 26.1 Å². The first-order valence-electron chi connectivity index (χ1n) is 9.13. The summed E-state index contributed by atoms with van der Waals surface area (Å²) < 4.78 is 6.00. The van der Waals surface area contributed by atoms with Gasteiger partial charge in [0.2, 0.25) is 0 Å². The number of urea groups is 1. The molecule has 4 heteroatoms. The highest BCUT2D eigenvalue weighted by atomic mass is 16.5. The Morgan fingerprint density at radius 2 is 1.73 bits per heavy atom. The van der Waals surface area contributed by atoms with E-state index in [1.807, 2.05) is 4.90 Å². The molecule has 2 saturated heterocycles. The van der Waals surface area contributed by atoms with E-state index in [1.165, 1.54) is 19.3 Å². The quantitative estimate of drug-likeness (QED) is 0.843. The number of hydrogen-bond donors (Lipinski definition) is 1. The van der Waals surface area contributed by atoms with Crippen LogP contribution in [0.4, 0.5) is 4.79 Å². The number of ether oxygens (including phenoxy) is 1. The Morgan fingerprint density at radius 3 is 2.36 bits per heavy atom. The van der Waals surface area contributed by atoms with Crippen molar-refractivity contribution in [3.63, 3.8) is 0 Å². The lowest BCUT2D eigenvalue weighted by atomic mass is 9.78. The number of amides is 2. The number of hydrogen-bond acceptors (Lipinski definition) is 2. The molecule has 0 saturated carbocycles. The molecule has 0 bridgehead atoms. The smallest absolute Gasteiger partial charge is 0.317 e. The molecule has 2 heterocycles. The minimum Gasteiger partial charge on any atom is -0.377 e. The third-order valence-corrected chi connectivity index (χ3v) is 4.96. The van der Waals surface area contributed by atoms with Crippen molar-refractivity contribution < 1.29 is 9.53 Å². The largest absolute Gasteiger partial charge is 0.377 e. The number of carbonyl (C=O) groups is 1. The number of carbonyl (C=O) groups excluding carboxylic acids is 1. The molecule has 0 radical (unpaired) electrons. The average molecular weight is 310 g/mol. The fraction of sp³-hybridized carbons (Fsp3) is 0.944. The molecule has 2 rings (SSSR count). The van der Waals surface area contributed by atoms with Crippen molar-refractivity contribution in [1.82, 2.24) is 10.2 Å². The number of likely N-dealkylation sites (tertiary alicyclic amines) is 1. The fourth-order valence-corrected chi connectivity index (χ4v) is 3.79. The minimum absolute atomic E-state index is 0.125. The first kappa shape index (κ1) is 17.6. The topological polar surface area (TPSA) is 41.6 Å². The summed E-state index contributed by atoms with van der Waals surface area (Å²) in [5, 5.41) is 3.18. The van der Waals surface area contributed by atoms with Crippen LogP contribution in [0.1, 0.15) is 65.7 Å². The van der Waals surface area contributed by atoms with Gasteiger partial charge in [-0.15, -0.1) is 0 Å². The SMILES string of the molecule is CC(C)(C)C1OCCCC1CNC(=O)N1CCCCCCC1. The van der Waals surface area contributed by atoms with Crippen LogP contribution in [0.25, 0.3) is 0 Å². The molecule has 128 valence electrons. The number of nitrogens with one attached hydrogen (secondary N) is 1. The molecule has 0 aromatic heterocycles. The molecule has 0 aromatic rings. The van der Waals surface area contributed by atoms with Crippen LogP contribution in [0, 0.1) is 11.3 Å². The first-order valence-corrected chi connectivity index (χ1v) is 9.13. The number of nitrogens with zero attached hydrogens (tertiary/aromatic N) is 1. The van der Waals surface area contributed by atoms with Crippen LogP contribution < -0.4 is 5.32 Å². The Balaban J connectivity index is 1.83. The lowest BCUT2D eigenvalue weighted by Crippen LogP contribution is -2.48. The van der Waals surface area contributed by atoms with Crippen LogP contribution in [0.2, 0.25) is 0 Å². The molecule has 22 heavy (non-hydrogen) atoms. The fourth-order valence-electron chi connectivity index (χ4n) is 3.79. The summed E-state index contributed by atoms with van der Waals surface area (Å²) in [5.74, 6) is 0.437. The lowest BCUT2D eigenvalue weighted by molar-refractivity contribution is -0.0839. The van der Waals surface area contributed by atoms with Crippen LogP contribution in [0.3, 0.4) is 0 Å². The van der Waals surface area contributed by atoms with Crippen molar-refractivity contribution >= 4 is 6.03 Å². The molecule has 2 aliphatic heterocycles. The van der Waals surface area contributed by atoms with Gasteiger partial charge in [0.05, 0.1) is 6.10 Å². The van der Waals surface area contributed by atoms with Gasteiger partial charge in [0.15, 0.2) is 0 Å². The van der Waals surface area contributed by atoms with Gasteiger partial charge in [0.25, 0.3) is 0 Å². The third-order valence-electron chi connectivity index (χ3n) is 4.96. The molecule has 4 nitrogen and oxygen atoms in total. The highest BCUT2D eigenvalue weighted by Gasteiger charge is 2.35. The van der Waals surface area contributed by atoms with Crippen LogP contribution in [-0.4, -0.2) is 43.3 Å². The van der Waals surface area contributed by atoms with Crippen LogP contribution >= 0.6 is 0 Å². The zero-order valence-corrected chi connectivity index (χ0v) is 14.7. The maximum Gasteiger partial charge on any atom is 0.317 e. The van der Waals surface area contributed by atoms with Gasteiger partial charge in [-0.2, -0.15) is 0 Å². The molecular weight excluding hydrogens is 276 g/mol. The standard InChI is InChI=1S/C18H34N2O2/c1-18(2,3)16-15(10-9-13-22-16)14-19-17(21)20-11-7-5-4-6-8-12-20/h15-16H,4-14H2,1-3H3,(H,19,21). The van der Waals surface area contributed by atoms with E-state index in [-0.39, 0.29) is 17.6 Å². The molecule has 1 N–H and O–H groups in total. The van der Waals surface area contributed by atoms with Crippen LogP contribution in [-0.2, 0) is 4.74 Å². The Labute approximate surface area is 136 Å². The van der Waals surface area contributed by atoms with Gasteiger partial charge in [-0.1, -0.05) is 40.0 Å². The molecule has 2 atom stereocenters. The van der Waals surface area contributed by atoms with E-state index in [1.54, 1.807) is 0 Å². The van der Waals surface area contributed by atoms with Crippen molar-refractivity contribution in [2.75, 3.05) is 26.2 Å². The van der Waals surface area contributed by atoms with Crippen molar-refractivity contribution in [2.45, 2.75) is 71.8 Å².